The summed E-state index contributed by atoms with van der Waals surface area (Å²) in [5.41, 5.74) is -0.254. The van der Waals surface area contributed by atoms with Crippen LogP contribution in [0.15, 0.2) is 24.3 Å². The average Bonchev–Trinajstić information content (AvgIpc) is 3.07. The van der Waals surface area contributed by atoms with E-state index in [1.165, 1.54) is 4.90 Å². The van der Waals surface area contributed by atoms with Crippen molar-refractivity contribution in [2.45, 2.75) is 25.3 Å². The summed E-state index contributed by atoms with van der Waals surface area (Å²) in [6.45, 7) is 4.21. The highest BCUT2D eigenvalue weighted by Crippen LogP contribution is 2.30. The molecule has 2 N–H and O–H groups in total. The fourth-order valence-corrected chi connectivity index (χ4v) is 3.28. The number of rotatable bonds is 4. The van der Waals surface area contributed by atoms with Gasteiger partial charge in [-0.3, -0.25) is 9.69 Å². The van der Waals surface area contributed by atoms with E-state index in [-0.39, 0.29) is 11.9 Å². The summed E-state index contributed by atoms with van der Waals surface area (Å²) in [5.74, 6) is 0.355. The number of carbonyl (C=O) groups is 2. The summed E-state index contributed by atoms with van der Waals surface area (Å²) >= 11 is 5.89. The minimum atomic E-state index is -1.00. The molecule has 0 radical (unpaired) electrons. The fraction of sp³-hybridized carbons (Fsp3) is 0.500. The molecule has 3 amide bonds. The Hall–Kier alpha value is -1.59. The van der Waals surface area contributed by atoms with Gasteiger partial charge < -0.3 is 10.6 Å². The molecule has 0 aromatic heterocycles. The van der Waals surface area contributed by atoms with Gasteiger partial charge in [0.2, 0.25) is 0 Å². The molecule has 0 saturated carbocycles. The van der Waals surface area contributed by atoms with Crippen molar-refractivity contribution < 1.29 is 9.59 Å². The summed E-state index contributed by atoms with van der Waals surface area (Å²) < 4.78 is 0. The van der Waals surface area contributed by atoms with Gasteiger partial charge in [0.1, 0.15) is 5.54 Å². The summed E-state index contributed by atoms with van der Waals surface area (Å²) in [6, 6.07) is 6.71. The highest BCUT2D eigenvalue weighted by atomic mass is 35.5. The topological polar surface area (TPSA) is 61.4 Å². The van der Waals surface area contributed by atoms with E-state index in [9.17, 15) is 9.59 Å². The fourth-order valence-electron chi connectivity index (χ4n) is 3.15. The first-order chi connectivity index (χ1) is 10.5. The molecular weight excluding hydrogens is 302 g/mol. The number of halogens is 1. The Morgan fingerprint density at radius 3 is 2.68 bits per heavy atom. The van der Waals surface area contributed by atoms with Gasteiger partial charge in [0.25, 0.3) is 5.91 Å². The summed E-state index contributed by atoms with van der Waals surface area (Å²) in [5, 5.41) is 6.73. The van der Waals surface area contributed by atoms with Crippen molar-refractivity contribution in [2.24, 2.45) is 5.92 Å². The first kappa shape index (κ1) is 15.3. The Morgan fingerprint density at radius 1 is 1.32 bits per heavy atom. The molecule has 1 aromatic rings. The Bertz CT molecular complexity index is 584. The highest BCUT2D eigenvalue weighted by molar-refractivity contribution is 6.30. The third-order valence-corrected chi connectivity index (χ3v) is 4.87. The van der Waals surface area contributed by atoms with Gasteiger partial charge in [-0.2, -0.15) is 0 Å². The number of hydrogen-bond acceptors (Lipinski definition) is 3. The molecule has 0 spiro atoms. The Kier molecular flexibility index (Phi) is 4.10. The van der Waals surface area contributed by atoms with E-state index in [0.717, 1.165) is 31.5 Å². The Balaban J connectivity index is 1.73. The van der Waals surface area contributed by atoms with Crippen molar-refractivity contribution in [3.05, 3.63) is 34.9 Å². The lowest BCUT2D eigenvalue weighted by Crippen LogP contribution is -2.41. The predicted octanol–water partition coefficient (Wildman–Crippen LogP) is 2.11. The van der Waals surface area contributed by atoms with E-state index in [1.807, 2.05) is 0 Å². The van der Waals surface area contributed by atoms with Crippen LogP contribution in [0.25, 0.3) is 0 Å². The van der Waals surface area contributed by atoms with E-state index in [2.05, 4.69) is 10.6 Å². The lowest BCUT2D eigenvalue weighted by Gasteiger charge is -2.22. The largest absolute Gasteiger partial charge is 0.325 e. The van der Waals surface area contributed by atoms with Crippen LogP contribution in [0.5, 0.6) is 0 Å². The molecule has 2 aliphatic rings. The molecule has 2 aliphatic heterocycles. The van der Waals surface area contributed by atoms with Crippen LogP contribution in [-0.2, 0) is 10.3 Å². The Morgan fingerprint density at radius 2 is 2.05 bits per heavy atom. The molecule has 2 fully saturated rings. The van der Waals surface area contributed by atoms with Crippen LogP contribution in [0.3, 0.4) is 0 Å². The number of benzene rings is 1. The molecule has 3 rings (SSSR count). The normalized spacial score (nSPS) is 28.3. The summed E-state index contributed by atoms with van der Waals surface area (Å²) in [4.78, 5) is 26.3. The molecule has 2 saturated heterocycles. The van der Waals surface area contributed by atoms with Crippen LogP contribution in [0.2, 0.25) is 5.02 Å². The van der Waals surface area contributed by atoms with Crippen molar-refractivity contribution in [2.75, 3.05) is 19.6 Å². The van der Waals surface area contributed by atoms with Gasteiger partial charge in [-0.1, -0.05) is 23.7 Å². The SMILES string of the molecule is CC1(c2ccc(Cl)cc2)NC(=O)N(CCC2CCNC2)C1=O. The second-order valence-electron chi connectivity index (χ2n) is 6.17. The van der Waals surface area contributed by atoms with Crippen LogP contribution in [0.4, 0.5) is 4.79 Å². The molecule has 2 heterocycles. The van der Waals surface area contributed by atoms with Gasteiger partial charge in [0, 0.05) is 11.6 Å². The third kappa shape index (κ3) is 2.71. The third-order valence-electron chi connectivity index (χ3n) is 4.62. The van der Waals surface area contributed by atoms with Crippen molar-refractivity contribution >= 4 is 23.5 Å². The van der Waals surface area contributed by atoms with Gasteiger partial charge >= 0.3 is 6.03 Å². The van der Waals surface area contributed by atoms with Crippen molar-refractivity contribution in [1.82, 2.24) is 15.5 Å². The minimum Gasteiger partial charge on any atom is -0.319 e. The van der Waals surface area contributed by atoms with E-state index >= 15 is 0 Å². The number of nitrogens with zero attached hydrogens (tertiary/aromatic N) is 1. The van der Waals surface area contributed by atoms with Crippen LogP contribution in [-0.4, -0.2) is 36.5 Å². The lowest BCUT2D eigenvalue weighted by molar-refractivity contribution is -0.131. The monoisotopic (exact) mass is 321 g/mol. The van der Waals surface area contributed by atoms with Gasteiger partial charge in [0.05, 0.1) is 0 Å². The van der Waals surface area contributed by atoms with Crippen LogP contribution >= 0.6 is 11.6 Å². The van der Waals surface area contributed by atoms with E-state index < -0.39 is 5.54 Å². The summed E-state index contributed by atoms with van der Waals surface area (Å²) in [7, 11) is 0. The molecule has 5 nitrogen and oxygen atoms in total. The second kappa shape index (κ2) is 5.89. The first-order valence-corrected chi connectivity index (χ1v) is 7.99. The number of urea groups is 1. The maximum Gasteiger partial charge on any atom is 0.325 e. The van der Waals surface area contributed by atoms with Crippen LogP contribution in [0.1, 0.15) is 25.3 Å². The maximum atomic E-state index is 12.7. The van der Waals surface area contributed by atoms with Gasteiger partial charge in [-0.15, -0.1) is 0 Å². The molecule has 22 heavy (non-hydrogen) atoms. The van der Waals surface area contributed by atoms with Gasteiger partial charge in [0.15, 0.2) is 0 Å². The zero-order valence-corrected chi connectivity index (χ0v) is 13.3. The van der Waals surface area contributed by atoms with E-state index in [4.69, 9.17) is 11.6 Å². The van der Waals surface area contributed by atoms with Crippen LogP contribution < -0.4 is 10.6 Å². The second-order valence-corrected chi connectivity index (χ2v) is 6.60. The number of imide groups is 1. The van der Waals surface area contributed by atoms with E-state index in [1.54, 1.807) is 31.2 Å². The smallest absolute Gasteiger partial charge is 0.319 e. The molecular formula is C16H20ClN3O2. The van der Waals surface area contributed by atoms with E-state index in [0.29, 0.717) is 17.5 Å². The molecule has 2 atom stereocenters. The zero-order valence-electron chi connectivity index (χ0n) is 12.6. The van der Waals surface area contributed by atoms with Crippen molar-refractivity contribution in [1.29, 1.82) is 0 Å². The molecule has 1 aromatic carbocycles. The molecule has 6 heteroatoms. The standard InChI is InChI=1S/C16H20ClN3O2/c1-16(12-2-4-13(17)5-3-12)14(21)20(15(22)19-16)9-7-11-6-8-18-10-11/h2-5,11,18H,6-10H2,1H3,(H,19,22). The summed E-state index contributed by atoms with van der Waals surface area (Å²) in [6.07, 6.45) is 1.96. The predicted molar refractivity (Wildman–Crippen MR) is 84.6 cm³/mol. The van der Waals surface area contributed by atoms with Gasteiger partial charge in [-0.05, 0) is 56.5 Å². The molecule has 0 bridgehead atoms. The van der Waals surface area contributed by atoms with Crippen molar-refractivity contribution in [3.8, 4) is 0 Å². The van der Waals surface area contributed by atoms with Crippen LogP contribution in [0, 0.1) is 5.92 Å². The molecule has 118 valence electrons. The van der Waals surface area contributed by atoms with Crippen molar-refractivity contribution in [3.63, 3.8) is 0 Å². The zero-order chi connectivity index (χ0) is 15.7. The lowest BCUT2D eigenvalue weighted by atomic mass is 9.92. The quantitative estimate of drug-likeness (QED) is 0.835. The van der Waals surface area contributed by atoms with Gasteiger partial charge in [-0.25, -0.2) is 4.79 Å². The maximum absolute atomic E-state index is 12.7. The molecule has 0 aliphatic carbocycles. The minimum absolute atomic E-state index is 0.189. The molecule has 2 unspecified atom stereocenters. The number of amides is 3. The Labute approximate surface area is 135 Å². The number of hydrogen-bond donors (Lipinski definition) is 2. The first-order valence-electron chi connectivity index (χ1n) is 7.61. The average molecular weight is 322 g/mol. The highest BCUT2D eigenvalue weighted by Gasteiger charge is 2.48. The number of carbonyl (C=O) groups excluding carboxylic acids is 2. The number of nitrogens with one attached hydrogen (secondary N) is 2.